The highest BCUT2D eigenvalue weighted by molar-refractivity contribution is 5.83. The molecule has 0 saturated heterocycles. The topological polar surface area (TPSA) is 77.5 Å². The van der Waals surface area contributed by atoms with Crippen LogP contribution in [0.4, 0.5) is 0 Å². The lowest BCUT2D eigenvalue weighted by atomic mass is 9.97. The molecule has 0 spiro atoms. The minimum atomic E-state index is -0.873. The predicted octanol–water partition coefficient (Wildman–Crippen LogP) is 2.73. The molecule has 0 radical (unpaired) electrons. The van der Waals surface area contributed by atoms with Crippen LogP contribution in [0.2, 0.25) is 0 Å². The number of rotatable bonds is 5. The van der Waals surface area contributed by atoms with Crippen molar-refractivity contribution in [2.75, 3.05) is 6.61 Å². The Kier molecular flexibility index (Phi) is 4.63. The molecule has 3 rings (SSSR count). The van der Waals surface area contributed by atoms with Crippen molar-refractivity contribution in [3.05, 3.63) is 58.9 Å². The Balaban J connectivity index is 1.63. The largest absolute Gasteiger partial charge is 0.491 e. The highest BCUT2D eigenvalue weighted by Crippen LogP contribution is 2.21. The van der Waals surface area contributed by atoms with E-state index in [1.54, 1.807) is 0 Å². The first-order chi connectivity index (χ1) is 11.8. The van der Waals surface area contributed by atoms with Gasteiger partial charge in [0.25, 0.3) is 0 Å². The number of hydrogen-bond donors (Lipinski definition) is 1. The number of benzene rings is 2. The standard InChI is InChI=1S/C19H22N2O4/c1-19(2,3)17-20-21(18(23)25-17)11-15(22)12-24-16-9-8-13-6-4-5-7-14(13)10-16/h4-10,15,22H,11-12H2,1-3H3. The monoisotopic (exact) mass is 342 g/mol. The van der Waals surface area contributed by atoms with Gasteiger partial charge in [-0.15, -0.1) is 5.10 Å². The highest BCUT2D eigenvalue weighted by Gasteiger charge is 2.23. The Morgan fingerprint density at radius 1 is 1.20 bits per heavy atom. The number of nitrogens with zero attached hydrogens (tertiary/aromatic N) is 2. The summed E-state index contributed by atoms with van der Waals surface area (Å²) in [6.07, 6.45) is -0.873. The maximum Gasteiger partial charge on any atom is 0.437 e. The molecule has 1 atom stereocenters. The third-order valence-electron chi connectivity index (χ3n) is 3.79. The van der Waals surface area contributed by atoms with Crippen molar-refractivity contribution in [3.63, 3.8) is 0 Å². The lowest BCUT2D eigenvalue weighted by Crippen LogP contribution is -2.29. The Hall–Kier alpha value is -2.60. The minimum absolute atomic E-state index is 0.0198. The van der Waals surface area contributed by atoms with Crippen LogP contribution in [0.3, 0.4) is 0 Å². The maximum absolute atomic E-state index is 11.8. The molecule has 6 nitrogen and oxygen atoms in total. The molecule has 1 aromatic heterocycles. The van der Waals surface area contributed by atoms with Gasteiger partial charge >= 0.3 is 5.76 Å². The van der Waals surface area contributed by atoms with Crippen LogP contribution in [-0.4, -0.2) is 27.6 Å². The van der Waals surface area contributed by atoms with Crippen LogP contribution in [0.5, 0.6) is 5.75 Å². The molecule has 0 saturated carbocycles. The molecule has 132 valence electrons. The van der Waals surface area contributed by atoms with E-state index in [-0.39, 0.29) is 18.6 Å². The Morgan fingerprint density at radius 3 is 2.60 bits per heavy atom. The quantitative estimate of drug-likeness (QED) is 0.771. The van der Waals surface area contributed by atoms with Crippen molar-refractivity contribution in [3.8, 4) is 5.75 Å². The fraction of sp³-hybridized carbons (Fsp3) is 0.368. The normalized spacial score (nSPS) is 13.1. The molecule has 1 unspecified atom stereocenters. The van der Waals surface area contributed by atoms with Gasteiger partial charge < -0.3 is 14.3 Å². The highest BCUT2D eigenvalue weighted by atomic mass is 16.5. The third kappa shape index (κ3) is 4.09. The van der Waals surface area contributed by atoms with Gasteiger partial charge in [0.15, 0.2) is 0 Å². The fourth-order valence-corrected chi connectivity index (χ4v) is 2.43. The van der Waals surface area contributed by atoms with Gasteiger partial charge in [0, 0.05) is 5.41 Å². The van der Waals surface area contributed by atoms with Gasteiger partial charge in [-0.3, -0.25) is 0 Å². The van der Waals surface area contributed by atoms with Crippen LogP contribution in [0.15, 0.2) is 51.7 Å². The second kappa shape index (κ2) is 6.72. The maximum atomic E-state index is 11.8. The number of aliphatic hydroxyl groups excluding tert-OH is 1. The molecule has 0 aliphatic heterocycles. The zero-order chi connectivity index (χ0) is 18.0. The first-order valence-corrected chi connectivity index (χ1v) is 8.21. The summed E-state index contributed by atoms with van der Waals surface area (Å²) < 4.78 is 11.9. The van der Waals surface area contributed by atoms with Crippen molar-refractivity contribution in [2.24, 2.45) is 0 Å². The van der Waals surface area contributed by atoms with Gasteiger partial charge in [-0.05, 0) is 22.9 Å². The molecule has 1 heterocycles. The van der Waals surface area contributed by atoms with Crippen molar-refractivity contribution in [2.45, 2.75) is 38.8 Å². The smallest absolute Gasteiger partial charge is 0.437 e. The average molecular weight is 342 g/mol. The molecule has 3 aromatic rings. The van der Waals surface area contributed by atoms with Crippen LogP contribution in [0, 0.1) is 0 Å². The number of fused-ring (bicyclic) bond motifs is 1. The van der Waals surface area contributed by atoms with Crippen LogP contribution in [0.1, 0.15) is 26.7 Å². The summed E-state index contributed by atoms with van der Waals surface area (Å²) in [5.74, 6) is 0.440. The summed E-state index contributed by atoms with van der Waals surface area (Å²) in [4.78, 5) is 11.8. The van der Waals surface area contributed by atoms with Gasteiger partial charge in [-0.2, -0.15) is 4.68 Å². The zero-order valence-corrected chi connectivity index (χ0v) is 14.6. The Morgan fingerprint density at radius 2 is 1.92 bits per heavy atom. The van der Waals surface area contributed by atoms with Gasteiger partial charge in [0.05, 0.1) is 6.54 Å². The molecule has 0 fully saturated rings. The van der Waals surface area contributed by atoms with Crippen LogP contribution in [-0.2, 0) is 12.0 Å². The fourth-order valence-electron chi connectivity index (χ4n) is 2.43. The predicted molar refractivity (Wildman–Crippen MR) is 94.9 cm³/mol. The van der Waals surface area contributed by atoms with Gasteiger partial charge in [-0.1, -0.05) is 51.1 Å². The van der Waals surface area contributed by atoms with Crippen molar-refractivity contribution in [1.82, 2.24) is 9.78 Å². The molecular formula is C19H22N2O4. The summed E-state index contributed by atoms with van der Waals surface area (Å²) >= 11 is 0. The summed E-state index contributed by atoms with van der Waals surface area (Å²) in [6, 6.07) is 13.7. The van der Waals surface area contributed by atoms with Crippen molar-refractivity contribution in [1.29, 1.82) is 0 Å². The van der Waals surface area contributed by atoms with E-state index in [2.05, 4.69) is 5.10 Å². The van der Waals surface area contributed by atoms with E-state index in [4.69, 9.17) is 9.15 Å². The lowest BCUT2D eigenvalue weighted by Gasteiger charge is -2.13. The van der Waals surface area contributed by atoms with Crippen molar-refractivity contribution >= 4 is 10.8 Å². The van der Waals surface area contributed by atoms with E-state index in [1.807, 2.05) is 63.2 Å². The van der Waals surface area contributed by atoms with E-state index < -0.39 is 11.9 Å². The van der Waals surface area contributed by atoms with E-state index in [0.717, 1.165) is 15.5 Å². The Labute approximate surface area is 145 Å². The lowest BCUT2D eigenvalue weighted by molar-refractivity contribution is 0.0875. The minimum Gasteiger partial charge on any atom is -0.491 e. The number of aromatic nitrogens is 2. The van der Waals surface area contributed by atoms with Gasteiger partial charge in [0.1, 0.15) is 18.5 Å². The Bertz CT molecular complexity index is 921. The van der Waals surface area contributed by atoms with E-state index in [1.165, 1.54) is 0 Å². The number of hydrogen-bond acceptors (Lipinski definition) is 5. The first-order valence-electron chi connectivity index (χ1n) is 8.21. The average Bonchev–Trinajstić information content (AvgIpc) is 2.94. The zero-order valence-electron chi connectivity index (χ0n) is 14.6. The molecule has 2 aromatic carbocycles. The molecule has 0 aliphatic carbocycles. The molecule has 0 aliphatic rings. The second-order valence-electron chi connectivity index (χ2n) is 7.08. The SMILES string of the molecule is CC(C)(C)c1nn(CC(O)COc2ccc3ccccc3c2)c(=O)o1. The molecule has 6 heteroatoms. The summed E-state index contributed by atoms with van der Waals surface area (Å²) in [5.41, 5.74) is -0.364. The third-order valence-corrected chi connectivity index (χ3v) is 3.79. The molecule has 1 N–H and O–H groups in total. The van der Waals surface area contributed by atoms with Gasteiger partial charge in [-0.25, -0.2) is 4.79 Å². The van der Waals surface area contributed by atoms with E-state index >= 15 is 0 Å². The molecule has 0 amide bonds. The summed E-state index contributed by atoms with van der Waals surface area (Å²) in [5, 5.41) is 16.5. The summed E-state index contributed by atoms with van der Waals surface area (Å²) in [6.45, 7) is 5.79. The summed E-state index contributed by atoms with van der Waals surface area (Å²) in [7, 11) is 0. The number of ether oxygens (including phenoxy) is 1. The van der Waals surface area contributed by atoms with E-state index in [0.29, 0.717) is 11.6 Å². The second-order valence-corrected chi connectivity index (χ2v) is 7.08. The van der Waals surface area contributed by atoms with Crippen LogP contribution in [0.25, 0.3) is 10.8 Å². The van der Waals surface area contributed by atoms with Crippen LogP contribution < -0.4 is 10.5 Å². The van der Waals surface area contributed by atoms with E-state index in [9.17, 15) is 9.90 Å². The molecule has 25 heavy (non-hydrogen) atoms. The number of aliphatic hydroxyl groups is 1. The van der Waals surface area contributed by atoms with Gasteiger partial charge in [0.2, 0.25) is 5.89 Å². The molecule has 0 bridgehead atoms. The first kappa shape index (κ1) is 17.2. The van der Waals surface area contributed by atoms with Crippen LogP contribution >= 0.6 is 0 Å². The molecular weight excluding hydrogens is 320 g/mol. The van der Waals surface area contributed by atoms with Crippen molar-refractivity contribution < 1.29 is 14.3 Å².